The summed E-state index contributed by atoms with van der Waals surface area (Å²) in [6, 6.07) is 12.1. The van der Waals surface area contributed by atoms with Gasteiger partial charge in [0.25, 0.3) is 5.91 Å². The van der Waals surface area contributed by atoms with Crippen molar-refractivity contribution < 1.29 is 22.3 Å². The third kappa shape index (κ3) is 5.77. The highest BCUT2D eigenvalue weighted by Crippen LogP contribution is 2.22. The van der Waals surface area contributed by atoms with Crippen LogP contribution in [0, 0.1) is 5.82 Å². The summed E-state index contributed by atoms with van der Waals surface area (Å²) in [5.74, 6) is -0.770. The molecule has 1 unspecified atom stereocenters. The van der Waals surface area contributed by atoms with Gasteiger partial charge in [-0.1, -0.05) is 18.2 Å². The highest BCUT2D eigenvalue weighted by atomic mass is 32.2. The first kappa shape index (κ1) is 22.5. The van der Waals surface area contributed by atoms with E-state index in [4.69, 9.17) is 4.74 Å². The zero-order valence-electron chi connectivity index (χ0n) is 17.1. The van der Waals surface area contributed by atoms with Gasteiger partial charge < -0.3 is 4.74 Å². The van der Waals surface area contributed by atoms with Crippen molar-refractivity contribution in [2.45, 2.75) is 30.3 Å². The predicted molar refractivity (Wildman–Crippen MR) is 120 cm³/mol. The Morgan fingerprint density at radius 1 is 1.22 bits per heavy atom. The smallest absolute Gasteiger partial charge is 0.257 e. The van der Waals surface area contributed by atoms with Crippen molar-refractivity contribution in [2.75, 3.05) is 18.5 Å². The molecule has 4 rings (SSSR count). The molecule has 1 aromatic heterocycles. The van der Waals surface area contributed by atoms with E-state index in [-0.39, 0.29) is 28.9 Å². The third-order valence-corrected chi connectivity index (χ3v) is 7.31. The SMILES string of the molecule is O=C(Nc1ncc(Cc2cccc(F)c2)s1)c1cccc(S(=O)(=O)NCC2CCCO2)c1. The molecule has 10 heteroatoms. The van der Waals surface area contributed by atoms with E-state index in [1.54, 1.807) is 12.3 Å². The lowest BCUT2D eigenvalue weighted by molar-refractivity contribution is 0.102. The van der Waals surface area contributed by atoms with E-state index in [0.29, 0.717) is 18.2 Å². The molecule has 2 N–H and O–H groups in total. The Bertz CT molecular complexity index is 1210. The molecule has 0 spiro atoms. The number of carbonyl (C=O) groups is 1. The summed E-state index contributed by atoms with van der Waals surface area (Å²) >= 11 is 1.28. The van der Waals surface area contributed by atoms with E-state index < -0.39 is 15.9 Å². The van der Waals surface area contributed by atoms with Crippen molar-refractivity contribution in [3.63, 3.8) is 0 Å². The van der Waals surface area contributed by atoms with Gasteiger partial charge in [0.15, 0.2) is 5.13 Å². The quantitative estimate of drug-likeness (QED) is 0.519. The number of nitrogens with zero attached hydrogens (tertiary/aromatic N) is 1. The molecule has 168 valence electrons. The van der Waals surface area contributed by atoms with Crippen molar-refractivity contribution in [3.8, 4) is 0 Å². The number of halogens is 1. The molecule has 0 saturated carbocycles. The fourth-order valence-corrected chi connectivity index (χ4v) is 5.31. The topological polar surface area (TPSA) is 97.4 Å². The van der Waals surface area contributed by atoms with Crippen LogP contribution in [0.4, 0.5) is 9.52 Å². The van der Waals surface area contributed by atoms with Crippen molar-refractivity contribution >= 4 is 32.4 Å². The van der Waals surface area contributed by atoms with Crippen LogP contribution in [0.5, 0.6) is 0 Å². The molecule has 0 bridgehead atoms. The highest BCUT2D eigenvalue weighted by molar-refractivity contribution is 7.89. The molecule has 1 aliphatic heterocycles. The van der Waals surface area contributed by atoms with Gasteiger partial charge in [0.05, 0.1) is 11.0 Å². The fraction of sp³-hybridized carbons (Fsp3) is 0.273. The minimum atomic E-state index is -3.76. The average Bonchev–Trinajstić information content (AvgIpc) is 3.45. The number of carbonyl (C=O) groups excluding carboxylic acids is 1. The maximum atomic E-state index is 13.4. The maximum absolute atomic E-state index is 13.4. The second kappa shape index (κ2) is 9.86. The largest absolute Gasteiger partial charge is 0.377 e. The third-order valence-electron chi connectivity index (χ3n) is 4.97. The number of nitrogens with one attached hydrogen (secondary N) is 2. The van der Waals surface area contributed by atoms with Crippen LogP contribution in [-0.2, 0) is 21.2 Å². The van der Waals surface area contributed by atoms with Crippen LogP contribution >= 0.6 is 11.3 Å². The number of hydrogen-bond donors (Lipinski definition) is 2. The first-order valence-corrected chi connectivity index (χ1v) is 12.4. The second-order valence-corrected chi connectivity index (χ2v) is 10.3. The summed E-state index contributed by atoms with van der Waals surface area (Å²) in [5, 5.41) is 3.07. The standard InChI is InChI=1S/C22H22FN3O4S2/c23-17-6-1-4-15(10-17)11-19-14-24-22(31-19)26-21(27)16-5-2-8-20(12-16)32(28,29)25-13-18-7-3-9-30-18/h1-2,4-6,8,10,12,14,18,25H,3,7,9,11,13H2,(H,24,26,27). The number of aromatic nitrogens is 1. The molecular formula is C22H22FN3O4S2. The van der Waals surface area contributed by atoms with Gasteiger partial charge in [0.2, 0.25) is 10.0 Å². The fourth-order valence-electron chi connectivity index (χ4n) is 3.36. The summed E-state index contributed by atoms with van der Waals surface area (Å²) in [5.41, 5.74) is 1.01. The molecule has 2 heterocycles. The van der Waals surface area contributed by atoms with Crippen LogP contribution in [0.2, 0.25) is 0 Å². The molecule has 1 saturated heterocycles. The van der Waals surface area contributed by atoms with Gasteiger partial charge in [-0.3, -0.25) is 10.1 Å². The Kier molecular flexibility index (Phi) is 6.95. The van der Waals surface area contributed by atoms with E-state index in [1.807, 2.05) is 6.07 Å². The molecule has 3 aromatic rings. The van der Waals surface area contributed by atoms with Gasteiger partial charge in [-0.05, 0) is 48.7 Å². The Labute approximate surface area is 189 Å². The van der Waals surface area contributed by atoms with E-state index in [9.17, 15) is 17.6 Å². The Balaban J connectivity index is 1.40. The number of hydrogen-bond acceptors (Lipinski definition) is 6. The van der Waals surface area contributed by atoms with Crippen molar-refractivity contribution in [1.29, 1.82) is 0 Å². The van der Waals surface area contributed by atoms with Crippen LogP contribution in [0.15, 0.2) is 59.6 Å². The second-order valence-electron chi connectivity index (χ2n) is 7.41. The summed E-state index contributed by atoms with van der Waals surface area (Å²) in [7, 11) is -3.76. The van der Waals surface area contributed by atoms with Crippen molar-refractivity contribution in [2.24, 2.45) is 0 Å². The molecule has 0 radical (unpaired) electrons. The van der Waals surface area contributed by atoms with Gasteiger partial charge in [-0.15, -0.1) is 11.3 Å². The lowest BCUT2D eigenvalue weighted by Gasteiger charge is -2.12. The molecule has 1 amide bonds. The number of rotatable bonds is 8. The maximum Gasteiger partial charge on any atom is 0.257 e. The van der Waals surface area contributed by atoms with Crippen LogP contribution in [-0.4, -0.2) is 38.6 Å². The molecular weight excluding hydrogens is 453 g/mol. The number of benzene rings is 2. The Morgan fingerprint density at radius 3 is 2.84 bits per heavy atom. The van der Waals surface area contributed by atoms with E-state index in [2.05, 4.69) is 15.0 Å². The van der Waals surface area contributed by atoms with Crippen LogP contribution in [0.1, 0.15) is 33.6 Å². The van der Waals surface area contributed by atoms with Gasteiger partial charge in [-0.2, -0.15) is 0 Å². The monoisotopic (exact) mass is 475 g/mol. The highest BCUT2D eigenvalue weighted by Gasteiger charge is 2.21. The molecule has 7 nitrogen and oxygen atoms in total. The average molecular weight is 476 g/mol. The number of anilines is 1. The lowest BCUT2D eigenvalue weighted by atomic mass is 10.1. The van der Waals surface area contributed by atoms with Gasteiger partial charge in [0.1, 0.15) is 5.82 Å². The first-order chi connectivity index (χ1) is 15.4. The van der Waals surface area contributed by atoms with Gasteiger partial charge in [0, 0.05) is 36.2 Å². The number of amides is 1. The summed E-state index contributed by atoms with van der Waals surface area (Å²) in [6.45, 7) is 0.842. The molecule has 1 aliphatic rings. The van der Waals surface area contributed by atoms with Crippen molar-refractivity contribution in [1.82, 2.24) is 9.71 Å². The lowest BCUT2D eigenvalue weighted by Crippen LogP contribution is -2.32. The molecule has 1 fully saturated rings. The Morgan fingerprint density at radius 2 is 2.06 bits per heavy atom. The number of thiazole rings is 1. The molecule has 32 heavy (non-hydrogen) atoms. The molecule has 0 aliphatic carbocycles. The Hall–Kier alpha value is -2.66. The van der Waals surface area contributed by atoms with Crippen LogP contribution in [0.3, 0.4) is 0 Å². The van der Waals surface area contributed by atoms with E-state index >= 15 is 0 Å². The number of sulfonamides is 1. The summed E-state index contributed by atoms with van der Waals surface area (Å²) in [4.78, 5) is 17.7. The number of ether oxygens (including phenoxy) is 1. The zero-order valence-corrected chi connectivity index (χ0v) is 18.7. The minimum Gasteiger partial charge on any atom is -0.377 e. The van der Waals surface area contributed by atoms with Gasteiger partial charge >= 0.3 is 0 Å². The zero-order chi connectivity index (χ0) is 22.6. The normalized spacial score (nSPS) is 16.2. The molecule has 2 aromatic carbocycles. The van der Waals surface area contributed by atoms with Crippen LogP contribution in [0.25, 0.3) is 0 Å². The summed E-state index contributed by atoms with van der Waals surface area (Å²) in [6.07, 6.45) is 3.74. The summed E-state index contributed by atoms with van der Waals surface area (Å²) < 4.78 is 46.5. The van der Waals surface area contributed by atoms with Gasteiger partial charge in [-0.25, -0.2) is 22.5 Å². The first-order valence-electron chi connectivity index (χ1n) is 10.1. The molecule has 1 atom stereocenters. The van der Waals surface area contributed by atoms with Crippen LogP contribution < -0.4 is 10.0 Å². The van der Waals surface area contributed by atoms with E-state index in [0.717, 1.165) is 23.3 Å². The van der Waals surface area contributed by atoms with Crippen molar-refractivity contribution in [3.05, 3.63) is 76.5 Å². The minimum absolute atomic E-state index is 0.00841. The predicted octanol–water partition coefficient (Wildman–Crippen LogP) is 3.58. The van der Waals surface area contributed by atoms with E-state index in [1.165, 1.54) is 47.7 Å².